The third-order valence-corrected chi connectivity index (χ3v) is 4.15. The molecule has 1 aliphatic heterocycles. The Hall–Kier alpha value is -0.950. The van der Waals surface area contributed by atoms with Crippen molar-refractivity contribution in [1.82, 2.24) is 14.9 Å². The molecule has 130 valence electrons. The maximum absolute atomic E-state index is 13.6. The highest BCUT2D eigenvalue weighted by atomic mass is 35.5. The molecule has 2 atom stereocenters. The van der Waals surface area contributed by atoms with Gasteiger partial charge in [-0.1, -0.05) is 0 Å². The predicted octanol–water partition coefficient (Wildman–Crippen LogP) is 3.05. The number of piperidine rings is 1. The molecule has 1 aliphatic rings. The van der Waals surface area contributed by atoms with Crippen LogP contribution in [0.5, 0.6) is 0 Å². The average Bonchev–Trinajstić information content (AvgIpc) is 2.89. The van der Waals surface area contributed by atoms with Gasteiger partial charge in [0.2, 0.25) is 0 Å². The van der Waals surface area contributed by atoms with Crippen molar-refractivity contribution in [2.24, 2.45) is 0 Å². The van der Waals surface area contributed by atoms with Gasteiger partial charge in [-0.3, -0.25) is 0 Å². The largest absolute Gasteiger partial charge is 0.392 e. The van der Waals surface area contributed by atoms with Gasteiger partial charge in [-0.05, 0) is 44.4 Å². The number of fused-ring (bicyclic) bond motifs is 1. The van der Waals surface area contributed by atoms with Gasteiger partial charge in [-0.25, -0.2) is 13.8 Å². The average molecular weight is 368 g/mol. The minimum atomic E-state index is -0.893. The Morgan fingerprint density at radius 2 is 2.09 bits per heavy atom. The van der Waals surface area contributed by atoms with Gasteiger partial charge in [0.25, 0.3) is 0 Å². The van der Waals surface area contributed by atoms with Crippen LogP contribution in [0.4, 0.5) is 8.78 Å². The van der Waals surface area contributed by atoms with Crippen molar-refractivity contribution in [2.45, 2.75) is 44.4 Å². The van der Waals surface area contributed by atoms with Gasteiger partial charge in [-0.15, -0.1) is 24.8 Å². The molecular formula is C15H21Cl2F2N3O. The lowest BCUT2D eigenvalue weighted by molar-refractivity contribution is 0.0909. The zero-order valence-corrected chi connectivity index (χ0v) is 14.2. The molecule has 0 saturated carbocycles. The summed E-state index contributed by atoms with van der Waals surface area (Å²) in [6.45, 7) is 1.62. The van der Waals surface area contributed by atoms with E-state index in [1.165, 1.54) is 6.33 Å². The van der Waals surface area contributed by atoms with Crippen LogP contribution in [0.2, 0.25) is 0 Å². The zero-order chi connectivity index (χ0) is 14.8. The molecule has 0 bridgehead atoms. The van der Waals surface area contributed by atoms with Crippen LogP contribution in [0.15, 0.2) is 18.5 Å². The Labute approximate surface area is 146 Å². The molecular weight excluding hydrogens is 347 g/mol. The van der Waals surface area contributed by atoms with Crippen LogP contribution < -0.4 is 5.32 Å². The van der Waals surface area contributed by atoms with Crippen LogP contribution in [0.1, 0.15) is 25.7 Å². The van der Waals surface area contributed by atoms with Crippen molar-refractivity contribution in [3.63, 3.8) is 0 Å². The molecule has 2 heterocycles. The number of hydrogen-bond donors (Lipinski definition) is 2. The summed E-state index contributed by atoms with van der Waals surface area (Å²) in [5.41, 5.74) is 0.678. The van der Waals surface area contributed by atoms with Crippen LogP contribution in [0.3, 0.4) is 0 Å². The van der Waals surface area contributed by atoms with Gasteiger partial charge >= 0.3 is 0 Å². The second-order valence-electron chi connectivity index (χ2n) is 5.58. The highest BCUT2D eigenvalue weighted by Crippen LogP contribution is 2.20. The summed E-state index contributed by atoms with van der Waals surface area (Å²) < 4.78 is 28.5. The summed E-state index contributed by atoms with van der Waals surface area (Å²) >= 11 is 0. The van der Waals surface area contributed by atoms with Crippen LogP contribution in [0.25, 0.3) is 11.0 Å². The van der Waals surface area contributed by atoms with E-state index in [9.17, 15) is 13.9 Å². The topological polar surface area (TPSA) is 50.1 Å². The number of nitrogens with zero attached hydrogens (tertiary/aromatic N) is 2. The van der Waals surface area contributed by atoms with Crippen molar-refractivity contribution < 1.29 is 13.9 Å². The van der Waals surface area contributed by atoms with E-state index in [1.54, 1.807) is 6.07 Å². The van der Waals surface area contributed by atoms with E-state index in [4.69, 9.17) is 0 Å². The van der Waals surface area contributed by atoms with Crippen LogP contribution in [0, 0.1) is 11.6 Å². The zero-order valence-electron chi connectivity index (χ0n) is 12.5. The van der Waals surface area contributed by atoms with Crippen molar-refractivity contribution >= 4 is 35.8 Å². The monoisotopic (exact) mass is 367 g/mol. The second-order valence-corrected chi connectivity index (χ2v) is 5.58. The van der Waals surface area contributed by atoms with Gasteiger partial charge in [0.15, 0.2) is 11.6 Å². The lowest BCUT2D eigenvalue weighted by atomic mass is 9.97. The van der Waals surface area contributed by atoms with Gasteiger partial charge in [0.05, 0.1) is 17.9 Å². The van der Waals surface area contributed by atoms with Gasteiger partial charge in [0.1, 0.15) is 5.52 Å². The summed E-state index contributed by atoms with van der Waals surface area (Å²) in [6.07, 6.45) is 4.80. The Bertz CT molecular complexity index is 638. The predicted molar refractivity (Wildman–Crippen MR) is 90.4 cm³/mol. The van der Waals surface area contributed by atoms with E-state index in [2.05, 4.69) is 10.3 Å². The summed E-state index contributed by atoms with van der Waals surface area (Å²) in [7, 11) is 0. The summed E-state index contributed by atoms with van der Waals surface area (Å²) in [4.78, 5) is 3.94. The quantitative estimate of drug-likeness (QED) is 0.872. The minimum absolute atomic E-state index is 0. The molecule has 1 fully saturated rings. The molecule has 1 saturated heterocycles. The molecule has 1 aromatic heterocycles. The number of aliphatic hydroxyl groups is 1. The molecule has 2 aromatic rings. The molecule has 0 unspecified atom stereocenters. The van der Waals surface area contributed by atoms with Gasteiger partial charge in [0, 0.05) is 12.6 Å². The van der Waals surface area contributed by atoms with Crippen LogP contribution in [-0.4, -0.2) is 33.3 Å². The summed E-state index contributed by atoms with van der Waals surface area (Å²) in [6, 6.07) is 2.80. The summed E-state index contributed by atoms with van der Waals surface area (Å²) in [5, 5.41) is 13.2. The van der Waals surface area contributed by atoms with E-state index in [0.717, 1.165) is 38.3 Å². The number of rotatable bonds is 4. The standard InChI is InChI=1S/C15H19F2N3O.2ClH/c16-10-5-6-12-15(14(10)17)19-9-20(12)8-2-3-11-13(21)4-1-7-18-11;;/h5-6,9,11,13,18,21H,1-4,7-8H2;2*1H/t11-,13+;;/m1../s1. The molecule has 0 amide bonds. The Balaban J connectivity index is 0.00000132. The highest BCUT2D eigenvalue weighted by Gasteiger charge is 2.21. The number of aryl methyl sites for hydroxylation is 1. The number of benzene rings is 1. The Morgan fingerprint density at radius 3 is 2.83 bits per heavy atom. The first-order valence-corrected chi connectivity index (χ1v) is 7.37. The fourth-order valence-electron chi connectivity index (χ4n) is 2.96. The molecule has 0 aliphatic carbocycles. The first-order valence-electron chi connectivity index (χ1n) is 7.37. The molecule has 2 N–H and O–H groups in total. The molecule has 3 rings (SSSR count). The van der Waals surface area contributed by atoms with E-state index < -0.39 is 11.6 Å². The first kappa shape index (κ1) is 20.1. The normalized spacial score (nSPS) is 20.8. The van der Waals surface area contributed by atoms with Gasteiger partial charge < -0.3 is 15.0 Å². The fourth-order valence-corrected chi connectivity index (χ4v) is 2.96. The number of aromatic nitrogens is 2. The fraction of sp³-hybridized carbons (Fsp3) is 0.533. The number of halogens is 4. The summed E-state index contributed by atoms with van der Waals surface area (Å²) in [5.74, 6) is -1.77. The third-order valence-electron chi connectivity index (χ3n) is 4.15. The van der Waals surface area contributed by atoms with Gasteiger partial charge in [-0.2, -0.15) is 0 Å². The number of imidazole rings is 1. The van der Waals surface area contributed by atoms with Crippen molar-refractivity contribution in [1.29, 1.82) is 0 Å². The molecule has 4 nitrogen and oxygen atoms in total. The maximum Gasteiger partial charge on any atom is 0.186 e. The van der Waals surface area contributed by atoms with E-state index in [-0.39, 0.29) is 42.5 Å². The third kappa shape index (κ3) is 4.32. The number of aliphatic hydroxyl groups excluding tert-OH is 1. The first-order chi connectivity index (χ1) is 10.2. The number of nitrogens with one attached hydrogen (secondary N) is 1. The van der Waals surface area contributed by atoms with E-state index >= 15 is 0 Å². The lowest BCUT2D eigenvalue weighted by Crippen LogP contribution is -2.44. The van der Waals surface area contributed by atoms with Crippen LogP contribution in [-0.2, 0) is 6.54 Å². The molecule has 23 heavy (non-hydrogen) atoms. The van der Waals surface area contributed by atoms with Crippen molar-refractivity contribution in [3.05, 3.63) is 30.1 Å². The lowest BCUT2D eigenvalue weighted by Gasteiger charge is -2.29. The molecule has 0 spiro atoms. The van der Waals surface area contributed by atoms with E-state index in [1.807, 2.05) is 4.57 Å². The SMILES string of the molecule is Cl.Cl.O[C@H]1CCCN[C@@H]1CCCn1cnc2c(F)c(F)ccc21. The van der Waals surface area contributed by atoms with Crippen molar-refractivity contribution in [3.8, 4) is 0 Å². The van der Waals surface area contributed by atoms with Crippen molar-refractivity contribution in [2.75, 3.05) is 6.54 Å². The smallest absolute Gasteiger partial charge is 0.186 e. The molecule has 0 radical (unpaired) electrons. The molecule has 1 aromatic carbocycles. The minimum Gasteiger partial charge on any atom is -0.392 e. The van der Waals surface area contributed by atoms with Crippen LogP contribution >= 0.6 is 24.8 Å². The number of hydrogen-bond acceptors (Lipinski definition) is 3. The Kier molecular flexibility index (Phi) is 7.67. The Morgan fingerprint density at radius 1 is 1.30 bits per heavy atom. The second kappa shape index (κ2) is 8.78. The van der Waals surface area contributed by atoms with E-state index in [0.29, 0.717) is 12.1 Å². The maximum atomic E-state index is 13.6. The molecule has 8 heteroatoms. The highest BCUT2D eigenvalue weighted by molar-refractivity contribution is 5.85.